The first-order valence-electron chi connectivity index (χ1n) is 40.1. The number of nitrogens with two attached hydrogens (primary N) is 1. The van der Waals surface area contributed by atoms with Crippen molar-refractivity contribution in [1.82, 2.24) is 57.3 Å². The maximum absolute atomic E-state index is 14.8. The van der Waals surface area contributed by atoms with E-state index >= 15 is 0 Å². The first kappa shape index (κ1) is 93.1. The van der Waals surface area contributed by atoms with Gasteiger partial charge in [-0.25, -0.2) is 19.4 Å². The molecule has 11 atom stereocenters. The summed E-state index contributed by atoms with van der Waals surface area (Å²) in [5.74, 6) is -6.05. The van der Waals surface area contributed by atoms with Gasteiger partial charge in [0.05, 0.1) is 48.3 Å². The second kappa shape index (κ2) is 43.2. The molecule has 116 heavy (non-hydrogen) atoms. The maximum atomic E-state index is 14.8. The number of alkyl carbamates (subject to hydrolysis) is 2. The van der Waals surface area contributed by atoms with Crippen LogP contribution in [0.1, 0.15) is 188 Å². The molecule has 1 aliphatic heterocycles. The fraction of sp³-hybridized carbons (Fsp3) is 0.558. The molecule has 7 rings (SSSR count). The standard InChI is InChI=1S/C86H123N13O16S/c1-18-53(6)72(68(111-16)47-69(101)99-43-27-35-67(99)73(112-17)54(7)74(102)93-65(78-88-42-45-116-78)46-56-28-20-19-21-29-56)98(15)79(106)71(52(4)5)95-80(107)86(13,14)97-83(110)113-49-57-36-38-58(39-37-57)91-75(103)64(34-26-41-89-81(87)108)92-77(105)70(51(2)3)94-76(104)66(90-55(8)100)48-85(11,12)115-44-40-84(9,10)96-82(109)114-50-63-61-32-24-22-30-59(61)60-31-23-25-33-62(60)63/h19-25,28-33,36-39,42,45,51-54,63-68,70-73H,18,26-27,34-35,40-41,43-44,46-50H2,1-17H3,(H,90,100)(H,91,103)(H,92,105)(H,93,102)(H,94,104)(H,95,107)(H,96,109)(H,97,110)(H3,87,89,108)/t53-,54+,64-,65-,66+,67-,68+,70-,71-,72-,73+/m0/s1. The van der Waals surface area contributed by atoms with Crippen molar-refractivity contribution in [2.75, 3.05) is 52.9 Å². The number of methoxy groups -OCH3 is 2. The normalized spacial score (nSPS) is 16.1. The maximum Gasteiger partial charge on any atom is 0.408 e. The van der Waals surface area contributed by atoms with Crippen LogP contribution in [0.3, 0.4) is 0 Å². The lowest BCUT2D eigenvalue weighted by Gasteiger charge is -2.41. The summed E-state index contributed by atoms with van der Waals surface area (Å²) >= 11 is 1.46. The summed E-state index contributed by atoms with van der Waals surface area (Å²) in [5, 5.41) is 27.8. The number of carbonyl (C=O) groups is 11. The third-order valence-electron chi connectivity index (χ3n) is 21.6. The highest BCUT2D eigenvalue weighted by Crippen LogP contribution is 2.45. The van der Waals surface area contributed by atoms with Crippen LogP contribution in [-0.2, 0) is 75.1 Å². The fourth-order valence-electron chi connectivity index (χ4n) is 14.9. The number of aromatic nitrogens is 1. The molecule has 2 heterocycles. The van der Waals surface area contributed by atoms with Crippen molar-refractivity contribution in [2.45, 2.75) is 238 Å². The first-order chi connectivity index (χ1) is 54.9. The summed E-state index contributed by atoms with van der Waals surface area (Å²) in [7, 11) is 4.69. The van der Waals surface area contributed by atoms with Crippen LogP contribution in [0, 0.1) is 23.7 Å². The number of hydrogen-bond donors (Lipinski definition) is 10. The van der Waals surface area contributed by atoms with E-state index in [4.69, 9.17) is 29.4 Å². The van der Waals surface area contributed by atoms with Crippen LogP contribution in [0.5, 0.6) is 0 Å². The smallest absolute Gasteiger partial charge is 0.408 e. The third-order valence-corrected chi connectivity index (χ3v) is 22.5. The van der Waals surface area contributed by atoms with Gasteiger partial charge in [-0.1, -0.05) is 146 Å². The van der Waals surface area contributed by atoms with Crippen LogP contribution < -0.4 is 53.6 Å². The van der Waals surface area contributed by atoms with Crippen molar-refractivity contribution >= 4 is 82.5 Å². The zero-order valence-electron chi connectivity index (χ0n) is 70.3. The average Bonchev–Trinajstić information content (AvgIpc) is 1.61. The minimum atomic E-state index is -1.62. The van der Waals surface area contributed by atoms with Crippen molar-refractivity contribution in [3.05, 3.63) is 142 Å². The second-order valence-electron chi connectivity index (χ2n) is 32.8. The molecule has 29 nitrogen and oxygen atoms in total. The number of benzene rings is 4. The molecule has 5 aromatic rings. The van der Waals surface area contributed by atoms with E-state index in [2.05, 4.69) is 65.0 Å². The molecule has 4 aromatic carbocycles. The number of likely N-dealkylation sites (N-methyl/N-ethyl adjacent to an activating group) is 1. The van der Waals surface area contributed by atoms with Gasteiger partial charge in [0, 0.05) is 83.0 Å². The molecule has 1 saturated heterocycles. The number of nitrogens with one attached hydrogen (secondary N) is 9. The molecule has 0 saturated carbocycles. The Balaban J connectivity index is 0.898. The van der Waals surface area contributed by atoms with Gasteiger partial charge in [-0.3, -0.25) is 38.4 Å². The molecule has 1 aliphatic carbocycles. The third kappa shape index (κ3) is 26.8. The van der Waals surface area contributed by atoms with Crippen molar-refractivity contribution < 1.29 is 76.4 Å². The Morgan fingerprint density at radius 2 is 1.32 bits per heavy atom. The highest BCUT2D eigenvalue weighted by atomic mass is 32.1. The van der Waals surface area contributed by atoms with Gasteiger partial charge in [-0.2, -0.15) is 0 Å². The minimum absolute atomic E-state index is 0.0156. The highest BCUT2D eigenvalue weighted by Gasteiger charge is 2.45. The average molecular weight is 1630 g/mol. The molecule has 1 aromatic heterocycles. The van der Waals surface area contributed by atoms with Gasteiger partial charge in [-0.15, -0.1) is 11.3 Å². The number of urea groups is 1. The van der Waals surface area contributed by atoms with Gasteiger partial charge in [0.25, 0.3) is 0 Å². The molecular formula is C86H123N13O16S. The lowest BCUT2D eigenvalue weighted by molar-refractivity contribution is -0.148. The number of thiazole rings is 1. The van der Waals surface area contributed by atoms with Gasteiger partial charge in [0.15, 0.2) is 0 Å². The molecule has 12 amide bonds. The molecule has 1 fully saturated rings. The molecule has 0 spiro atoms. The number of amides is 12. The number of rotatable bonds is 43. The molecule has 0 bridgehead atoms. The Hall–Kier alpha value is -10.0. The van der Waals surface area contributed by atoms with E-state index in [1.54, 1.807) is 96.0 Å². The Morgan fingerprint density at radius 3 is 1.91 bits per heavy atom. The fourth-order valence-corrected chi connectivity index (χ4v) is 15.6. The second-order valence-corrected chi connectivity index (χ2v) is 33.7. The van der Waals surface area contributed by atoms with Crippen LogP contribution in [0.25, 0.3) is 11.1 Å². The minimum Gasteiger partial charge on any atom is -0.449 e. The van der Waals surface area contributed by atoms with E-state index < -0.39 is 137 Å². The number of carbonyl (C=O) groups excluding carboxylic acids is 11. The molecule has 634 valence electrons. The predicted octanol–water partition coefficient (Wildman–Crippen LogP) is 9.72. The molecule has 0 unspecified atom stereocenters. The lowest BCUT2D eigenvalue weighted by Crippen LogP contribution is -2.62. The zero-order valence-corrected chi connectivity index (χ0v) is 71.1. The summed E-state index contributed by atoms with van der Waals surface area (Å²) < 4.78 is 29.9. The Labute approximate surface area is 686 Å². The van der Waals surface area contributed by atoms with Crippen LogP contribution in [0.4, 0.5) is 20.1 Å². The molecule has 11 N–H and O–H groups in total. The van der Waals surface area contributed by atoms with Crippen LogP contribution in [-0.4, -0.2) is 193 Å². The van der Waals surface area contributed by atoms with E-state index in [-0.39, 0.29) is 81.7 Å². The Kier molecular flexibility index (Phi) is 34.7. The van der Waals surface area contributed by atoms with Crippen molar-refractivity contribution in [3.8, 4) is 11.1 Å². The summed E-state index contributed by atoms with van der Waals surface area (Å²) in [4.78, 5) is 159. The number of fused-ring (bicyclic) bond motifs is 3. The van der Waals surface area contributed by atoms with E-state index in [0.717, 1.165) is 32.8 Å². The molecular weight excluding hydrogens is 1500 g/mol. The van der Waals surface area contributed by atoms with Crippen molar-refractivity contribution in [3.63, 3.8) is 0 Å². The monoisotopic (exact) mass is 1630 g/mol. The quantitative estimate of drug-likeness (QED) is 0.0162. The van der Waals surface area contributed by atoms with Crippen LogP contribution in [0.15, 0.2) is 115 Å². The van der Waals surface area contributed by atoms with Crippen LogP contribution >= 0.6 is 11.3 Å². The van der Waals surface area contributed by atoms with Crippen molar-refractivity contribution in [1.29, 1.82) is 0 Å². The highest BCUT2D eigenvalue weighted by molar-refractivity contribution is 7.09. The predicted molar refractivity (Wildman–Crippen MR) is 443 cm³/mol. The van der Waals surface area contributed by atoms with Crippen LogP contribution in [0.2, 0.25) is 0 Å². The van der Waals surface area contributed by atoms with Gasteiger partial charge in [-0.05, 0) is 143 Å². The number of anilines is 1. The zero-order chi connectivity index (χ0) is 85.4. The van der Waals surface area contributed by atoms with E-state index in [1.807, 2.05) is 107 Å². The molecule has 30 heteroatoms. The number of likely N-dealkylation sites (tertiary alicyclic amines) is 1. The largest absolute Gasteiger partial charge is 0.449 e. The first-order valence-corrected chi connectivity index (χ1v) is 41.0. The van der Waals surface area contributed by atoms with Gasteiger partial charge >= 0.3 is 18.2 Å². The lowest BCUT2D eigenvalue weighted by atomic mass is 9.89. The SMILES string of the molecule is CC[C@H](C)[C@@H]([C@@H](CC(=O)N1CCC[C@H]1[C@H](OC)[C@@H](C)C(=O)N[C@@H](Cc1ccccc1)c1nccs1)OC)N(C)C(=O)[C@@H](NC(=O)C(C)(C)NC(=O)OCc1ccc(NC(=O)[C@H](CCCNC(N)=O)NC(=O)[C@@H](NC(=O)[C@@H](CC(C)(C)OCCC(C)(C)NC(=O)OCC2c3ccccc3-c3ccccc32)NC(C)=O)C(C)C)cc1)C(C)C. The summed E-state index contributed by atoms with van der Waals surface area (Å²) in [6.45, 7) is 24.7. The number of hydrogen-bond acceptors (Lipinski definition) is 18. The number of primary amides is 1. The number of nitrogens with zero attached hydrogens (tertiary/aromatic N) is 3. The molecule has 0 radical (unpaired) electrons. The summed E-state index contributed by atoms with van der Waals surface area (Å²) in [6.07, 6.45) is 1.65. The van der Waals surface area contributed by atoms with E-state index in [0.29, 0.717) is 49.9 Å². The van der Waals surface area contributed by atoms with Gasteiger partial charge in [0.1, 0.15) is 47.9 Å². The summed E-state index contributed by atoms with van der Waals surface area (Å²) in [5.41, 5.74) is 8.14. The van der Waals surface area contributed by atoms with Gasteiger partial charge in [0.2, 0.25) is 47.3 Å². The summed E-state index contributed by atoms with van der Waals surface area (Å²) in [6, 6.07) is 25.4. The van der Waals surface area contributed by atoms with E-state index in [1.165, 1.54) is 39.2 Å². The molecule has 2 aliphatic rings. The number of ether oxygens (including phenoxy) is 5. The van der Waals surface area contributed by atoms with Crippen molar-refractivity contribution in [2.24, 2.45) is 29.4 Å². The van der Waals surface area contributed by atoms with Gasteiger partial charge < -0.3 is 87.1 Å². The Bertz CT molecular complexity index is 4080. The van der Waals surface area contributed by atoms with E-state index in [9.17, 15) is 52.7 Å². The Morgan fingerprint density at radius 1 is 0.690 bits per heavy atom. The topological polar surface area (TPSA) is 388 Å².